The first-order valence-corrected chi connectivity index (χ1v) is 7.09. The van der Waals surface area contributed by atoms with Crippen molar-refractivity contribution in [1.29, 1.82) is 0 Å². The van der Waals surface area contributed by atoms with Crippen LogP contribution in [0, 0.1) is 23.2 Å². The molecule has 2 bridgehead atoms. The zero-order chi connectivity index (χ0) is 12.6. The quantitative estimate of drug-likeness (QED) is 0.662. The van der Waals surface area contributed by atoms with Gasteiger partial charge in [-0.3, -0.25) is 4.79 Å². The maximum atomic E-state index is 12.0. The number of carbonyl (C=O) groups excluding carboxylic acids is 1. The monoisotopic (exact) mass is 234 g/mol. The summed E-state index contributed by atoms with van der Waals surface area (Å²) >= 11 is 0. The third-order valence-corrected chi connectivity index (χ3v) is 5.19. The fourth-order valence-corrected chi connectivity index (χ4v) is 4.04. The number of rotatable bonds is 3. The van der Waals surface area contributed by atoms with Crippen LogP contribution in [0.3, 0.4) is 0 Å². The average molecular weight is 234 g/mol. The van der Waals surface area contributed by atoms with Crippen LogP contribution in [0.5, 0.6) is 0 Å². The van der Waals surface area contributed by atoms with E-state index in [1.807, 2.05) is 6.92 Å². The average Bonchev–Trinajstić information content (AvgIpc) is 2.24. The number of hydrogen-bond donors (Lipinski definition) is 0. The molecule has 0 aromatic rings. The molecule has 0 aromatic carbocycles. The summed E-state index contributed by atoms with van der Waals surface area (Å²) in [6, 6.07) is 0. The molecule has 17 heavy (non-hydrogen) atoms. The molecule has 4 unspecified atom stereocenters. The molecule has 2 aliphatic rings. The zero-order valence-electron chi connectivity index (χ0n) is 11.6. The highest BCUT2D eigenvalue weighted by Crippen LogP contribution is 2.53. The van der Waals surface area contributed by atoms with Crippen LogP contribution in [0.15, 0.2) is 12.2 Å². The Bertz CT molecular complexity index is 328. The summed E-state index contributed by atoms with van der Waals surface area (Å²) in [7, 11) is 0. The van der Waals surface area contributed by atoms with Gasteiger partial charge in [0.25, 0.3) is 0 Å². The van der Waals surface area contributed by atoms with Gasteiger partial charge in [-0.1, -0.05) is 20.4 Å². The van der Waals surface area contributed by atoms with Crippen LogP contribution in [-0.2, 0) is 4.79 Å². The minimum atomic E-state index is 0.251. The predicted molar refractivity (Wildman–Crippen MR) is 71.8 cm³/mol. The summed E-state index contributed by atoms with van der Waals surface area (Å²) in [5.41, 5.74) is 0.985. The Kier molecular flexibility index (Phi) is 3.47. The number of carbonyl (C=O) groups is 1. The van der Waals surface area contributed by atoms with E-state index >= 15 is 0 Å². The summed E-state index contributed by atoms with van der Waals surface area (Å²) in [4.78, 5) is 12.0. The summed E-state index contributed by atoms with van der Waals surface area (Å²) in [5.74, 6) is 2.85. The first-order chi connectivity index (χ1) is 7.90. The number of ketones is 1. The molecule has 1 nitrogen and oxygen atoms in total. The summed E-state index contributed by atoms with van der Waals surface area (Å²) in [5, 5.41) is 0. The zero-order valence-corrected chi connectivity index (χ0v) is 11.6. The first kappa shape index (κ1) is 12.9. The van der Waals surface area contributed by atoms with E-state index in [-0.39, 0.29) is 11.2 Å². The molecule has 2 aliphatic carbocycles. The Morgan fingerprint density at radius 1 is 1.35 bits per heavy atom. The topological polar surface area (TPSA) is 17.1 Å². The number of fused-ring (bicyclic) bond motifs is 2. The van der Waals surface area contributed by atoms with Crippen molar-refractivity contribution in [1.82, 2.24) is 0 Å². The molecule has 0 N–H and O–H groups in total. The molecule has 96 valence electrons. The van der Waals surface area contributed by atoms with Crippen LogP contribution in [0.1, 0.15) is 59.3 Å². The molecule has 0 saturated heterocycles. The van der Waals surface area contributed by atoms with Crippen molar-refractivity contribution in [2.75, 3.05) is 0 Å². The molecule has 0 amide bonds. The fraction of sp³-hybridized carbons (Fsp3) is 0.812. The Labute approximate surface area is 106 Å². The fourth-order valence-electron chi connectivity index (χ4n) is 4.04. The van der Waals surface area contributed by atoms with Crippen molar-refractivity contribution in [3.05, 3.63) is 12.2 Å². The van der Waals surface area contributed by atoms with Gasteiger partial charge in [-0.05, 0) is 67.8 Å². The van der Waals surface area contributed by atoms with Crippen molar-refractivity contribution < 1.29 is 4.79 Å². The molecule has 2 rings (SSSR count). The molecule has 0 heterocycles. The number of Topliss-reactive ketones (excluding diaryl/α,β-unsaturated/α-hetero) is 1. The van der Waals surface area contributed by atoms with E-state index in [4.69, 9.17) is 0 Å². The van der Waals surface area contributed by atoms with Gasteiger partial charge in [0, 0.05) is 6.42 Å². The van der Waals surface area contributed by atoms with Crippen molar-refractivity contribution in [3.8, 4) is 0 Å². The van der Waals surface area contributed by atoms with Crippen molar-refractivity contribution in [2.24, 2.45) is 23.2 Å². The highest BCUT2D eigenvalue weighted by atomic mass is 16.1. The summed E-state index contributed by atoms with van der Waals surface area (Å²) < 4.78 is 0. The van der Waals surface area contributed by atoms with Gasteiger partial charge < -0.3 is 0 Å². The van der Waals surface area contributed by atoms with Crippen LogP contribution in [0.2, 0.25) is 0 Å². The Morgan fingerprint density at radius 3 is 2.71 bits per heavy atom. The Balaban J connectivity index is 2.08. The lowest BCUT2D eigenvalue weighted by atomic mass is 9.56. The molecule has 2 saturated carbocycles. The van der Waals surface area contributed by atoms with Gasteiger partial charge in [-0.25, -0.2) is 0 Å². The standard InChI is InChI=1S/C16H26O/c1-11(2)15(17)10-16(4)6-5-13-7-12(3)8-14(16)9-13/h12-14H,1,5-10H2,2-4H3. The lowest BCUT2D eigenvalue weighted by Gasteiger charge is -2.49. The lowest BCUT2D eigenvalue weighted by Crippen LogP contribution is -2.40. The van der Waals surface area contributed by atoms with E-state index < -0.39 is 0 Å². The van der Waals surface area contributed by atoms with Gasteiger partial charge in [0.2, 0.25) is 0 Å². The van der Waals surface area contributed by atoms with Gasteiger partial charge in [-0.2, -0.15) is 0 Å². The van der Waals surface area contributed by atoms with E-state index in [0.717, 1.165) is 29.7 Å². The molecule has 1 heteroatoms. The molecular weight excluding hydrogens is 208 g/mol. The Morgan fingerprint density at radius 2 is 2.06 bits per heavy atom. The second-order valence-corrected chi connectivity index (χ2v) is 6.95. The van der Waals surface area contributed by atoms with E-state index in [0.29, 0.717) is 0 Å². The van der Waals surface area contributed by atoms with Gasteiger partial charge >= 0.3 is 0 Å². The largest absolute Gasteiger partial charge is 0.295 e. The van der Waals surface area contributed by atoms with Gasteiger partial charge in [0.1, 0.15) is 0 Å². The number of allylic oxidation sites excluding steroid dienone is 1. The molecule has 0 radical (unpaired) electrons. The molecule has 2 fully saturated rings. The van der Waals surface area contributed by atoms with E-state index in [2.05, 4.69) is 20.4 Å². The predicted octanol–water partition coefficient (Wildman–Crippen LogP) is 4.37. The minimum absolute atomic E-state index is 0.251. The maximum absolute atomic E-state index is 12.0. The van der Waals surface area contributed by atoms with Crippen LogP contribution in [0.4, 0.5) is 0 Å². The minimum Gasteiger partial charge on any atom is -0.295 e. The maximum Gasteiger partial charge on any atom is 0.158 e. The van der Waals surface area contributed by atoms with Crippen LogP contribution in [0.25, 0.3) is 0 Å². The van der Waals surface area contributed by atoms with Crippen molar-refractivity contribution >= 4 is 5.78 Å². The SMILES string of the molecule is C=C(C)C(=O)CC1(C)CCC2CC(C)CC1C2. The van der Waals surface area contributed by atoms with Crippen molar-refractivity contribution in [2.45, 2.75) is 59.3 Å². The third kappa shape index (κ3) is 2.64. The molecular formula is C16H26O. The van der Waals surface area contributed by atoms with Crippen molar-refractivity contribution in [3.63, 3.8) is 0 Å². The number of hydrogen-bond acceptors (Lipinski definition) is 1. The van der Waals surface area contributed by atoms with E-state index in [9.17, 15) is 4.79 Å². The van der Waals surface area contributed by atoms with Gasteiger partial charge in [-0.15, -0.1) is 0 Å². The molecule has 0 aliphatic heterocycles. The molecule has 0 aromatic heterocycles. The first-order valence-electron chi connectivity index (χ1n) is 7.09. The second-order valence-electron chi connectivity index (χ2n) is 6.95. The summed E-state index contributed by atoms with van der Waals surface area (Å²) in [6.07, 6.45) is 7.42. The van der Waals surface area contributed by atoms with Gasteiger partial charge in [0.05, 0.1) is 0 Å². The highest BCUT2D eigenvalue weighted by molar-refractivity contribution is 5.94. The normalized spacial score (nSPS) is 41.0. The molecule has 4 atom stereocenters. The Hall–Kier alpha value is -0.590. The van der Waals surface area contributed by atoms with Gasteiger partial charge in [0.15, 0.2) is 5.78 Å². The van der Waals surface area contributed by atoms with E-state index in [1.165, 1.54) is 32.1 Å². The van der Waals surface area contributed by atoms with Crippen LogP contribution in [-0.4, -0.2) is 5.78 Å². The second kappa shape index (κ2) is 4.59. The lowest BCUT2D eigenvalue weighted by molar-refractivity contribution is -0.120. The van der Waals surface area contributed by atoms with E-state index in [1.54, 1.807) is 0 Å². The third-order valence-electron chi connectivity index (χ3n) is 5.19. The summed E-state index contributed by atoms with van der Waals surface area (Å²) in [6.45, 7) is 10.4. The van der Waals surface area contributed by atoms with Crippen LogP contribution < -0.4 is 0 Å². The van der Waals surface area contributed by atoms with Crippen LogP contribution >= 0.6 is 0 Å². The smallest absolute Gasteiger partial charge is 0.158 e. The highest BCUT2D eigenvalue weighted by Gasteiger charge is 2.44. The molecule has 0 spiro atoms.